The lowest BCUT2D eigenvalue weighted by molar-refractivity contribution is 0.498. The highest BCUT2D eigenvalue weighted by atomic mass is 15.3. The number of hydrogen-bond donors (Lipinski definition) is 1. The summed E-state index contributed by atoms with van der Waals surface area (Å²) in [5.74, 6) is 0.673. The Hall–Kier alpha value is -0.830. The van der Waals surface area contributed by atoms with Gasteiger partial charge in [0.2, 0.25) is 0 Å². The van der Waals surface area contributed by atoms with E-state index in [1.807, 2.05) is 13.2 Å². The number of nitrogens with zero attached hydrogens (tertiary/aromatic N) is 2. The number of rotatable bonds is 6. The first-order chi connectivity index (χ1) is 6.77. The average molecular weight is 195 g/mol. The minimum absolute atomic E-state index is 0.673. The molecule has 1 N–H and O–H groups in total. The van der Waals surface area contributed by atoms with Gasteiger partial charge in [0.15, 0.2) is 0 Å². The van der Waals surface area contributed by atoms with Gasteiger partial charge in [-0.2, -0.15) is 5.10 Å². The van der Waals surface area contributed by atoms with Crippen molar-refractivity contribution >= 4 is 0 Å². The van der Waals surface area contributed by atoms with Crippen LogP contribution in [-0.2, 0) is 13.0 Å². The fourth-order valence-corrected chi connectivity index (χ4v) is 1.72. The first-order valence-corrected chi connectivity index (χ1v) is 5.43. The van der Waals surface area contributed by atoms with E-state index in [4.69, 9.17) is 0 Å². The SMILES string of the molecule is CCCn1nccc1CC(C)CNC. The van der Waals surface area contributed by atoms with Crippen LogP contribution >= 0.6 is 0 Å². The molecule has 0 aliphatic heterocycles. The summed E-state index contributed by atoms with van der Waals surface area (Å²) in [7, 11) is 2.00. The Morgan fingerprint density at radius 3 is 3.00 bits per heavy atom. The number of aryl methyl sites for hydroxylation is 1. The van der Waals surface area contributed by atoms with E-state index in [1.165, 1.54) is 5.69 Å². The summed E-state index contributed by atoms with van der Waals surface area (Å²) in [4.78, 5) is 0. The van der Waals surface area contributed by atoms with Crippen molar-refractivity contribution in [2.45, 2.75) is 33.2 Å². The molecule has 1 unspecified atom stereocenters. The molecule has 0 aliphatic rings. The van der Waals surface area contributed by atoms with Gasteiger partial charge in [-0.05, 0) is 38.4 Å². The molecule has 1 atom stereocenters. The molecule has 1 aromatic rings. The van der Waals surface area contributed by atoms with E-state index in [0.29, 0.717) is 5.92 Å². The minimum atomic E-state index is 0.673. The summed E-state index contributed by atoms with van der Waals surface area (Å²) in [5.41, 5.74) is 1.36. The lowest BCUT2D eigenvalue weighted by Gasteiger charge is -2.11. The molecule has 1 aromatic heterocycles. The molecule has 14 heavy (non-hydrogen) atoms. The molecule has 0 radical (unpaired) electrons. The fourth-order valence-electron chi connectivity index (χ4n) is 1.72. The molecule has 1 heterocycles. The van der Waals surface area contributed by atoms with Crippen LogP contribution in [0.4, 0.5) is 0 Å². The number of nitrogens with one attached hydrogen (secondary N) is 1. The van der Waals surface area contributed by atoms with Gasteiger partial charge in [0.25, 0.3) is 0 Å². The summed E-state index contributed by atoms with van der Waals surface area (Å²) >= 11 is 0. The second-order valence-corrected chi connectivity index (χ2v) is 3.91. The highest BCUT2D eigenvalue weighted by Crippen LogP contribution is 2.07. The van der Waals surface area contributed by atoms with E-state index >= 15 is 0 Å². The van der Waals surface area contributed by atoms with Gasteiger partial charge >= 0.3 is 0 Å². The molecule has 0 saturated heterocycles. The molecular weight excluding hydrogens is 174 g/mol. The van der Waals surface area contributed by atoms with Crippen LogP contribution in [0.5, 0.6) is 0 Å². The zero-order valence-electron chi connectivity index (χ0n) is 9.45. The Morgan fingerprint density at radius 1 is 1.57 bits per heavy atom. The molecule has 3 nitrogen and oxygen atoms in total. The maximum absolute atomic E-state index is 4.32. The van der Waals surface area contributed by atoms with Crippen LogP contribution in [0.15, 0.2) is 12.3 Å². The standard InChI is InChI=1S/C11H21N3/c1-4-7-14-11(5-6-13-14)8-10(2)9-12-3/h5-6,10,12H,4,7-9H2,1-3H3. The van der Waals surface area contributed by atoms with Crippen molar-refractivity contribution in [3.63, 3.8) is 0 Å². The lowest BCUT2D eigenvalue weighted by Crippen LogP contribution is -2.19. The van der Waals surface area contributed by atoms with Crippen molar-refractivity contribution in [1.82, 2.24) is 15.1 Å². The van der Waals surface area contributed by atoms with Crippen molar-refractivity contribution < 1.29 is 0 Å². The van der Waals surface area contributed by atoms with Crippen LogP contribution in [0.1, 0.15) is 26.0 Å². The Labute approximate surface area is 86.5 Å². The van der Waals surface area contributed by atoms with E-state index in [9.17, 15) is 0 Å². The highest BCUT2D eigenvalue weighted by Gasteiger charge is 2.06. The fraction of sp³-hybridized carbons (Fsp3) is 0.727. The van der Waals surface area contributed by atoms with Crippen molar-refractivity contribution in [2.24, 2.45) is 5.92 Å². The monoisotopic (exact) mass is 195 g/mol. The molecular formula is C11H21N3. The van der Waals surface area contributed by atoms with Gasteiger partial charge in [-0.25, -0.2) is 0 Å². The van der Waals surface area contributed by atoms with Crippen LogP contribution in [0.3, 0.4) is 0 Å². The van der Waals surface area contributed by atoms with Crippen LogP contribution in [-0.4, -0.2) is 23.4 Å². The molecule has 0 aromatic carbocycles. The van der Waals surface area contributed by atoms with E-state index in [1.54, 1.807) is 0 Å². The summed E-state index contributed by atoms with van der Waals surface area (Å²) in [6.45, 7) is 6.55. The second-order valence-electron chi connectivity index (χ2n) is 3.91. The molecule has 80 valence electrons. The van der Waals surface area contributed by atoms with Crippen molar-refractivity contribution in [3.05, 3.63) is 18.0 Å². The Morgan fingerprint density at radius 2 is 2.36 bits per heavy atom. The molecule has 0 aliphatic carbocycles. The summed E-state index contributed by atoms with van der Waals surface area (Å²) in [5, 5.41) is 7.52. The second kappa shape index (κ2) is 5.81. The maximum Gasteiger partial charge on any atom is 0.0492 e. The van der Waals surface area contributed by atoms with Crippen LogP contribution in [0.25, 0.3) is 0 Å². The number of hydrogen-bond acceptors (Lipinski definition) is 2. The molecule has 3 heteroatoms. The molecule has 0 bridgehead atoms. The molecule has 0 amide bonds. The molecule has 0 saturated carbocycles. The third kappa shape index (κ3) is 3.14. The number of aromatic nitrogens is 2. The van der Waals surface area contributed by atoms with E-state index in [2.05, 4.69) is 35.0 Å². The quantitative estimate of drug-likeness (QED) is 0.748. The highest BCUT2D eigenvalue weighted by molar-refractivity contribution is 5.01. The first-order valence-electron chi connectivity index (χ1n) is 5.43. The van der Waals surface area contributed by atoms with E-state index in [0.717, 1.165) is 25.9 Å². The molecule has 1 rings (SSSR count). The molecule has 0 fully saturated rings. The minimum Gasteiger partial charge on any atom is -0.319 e. The van der Waals surface area contributed by atoms with Crippen LogP contribution in [0, 0.1) is 5.92 Å². The van der Waals surface area contributed by atoms with Gasteiger partial charge in [0.05, 0.1) is 0 Å². The van der Waals surface area contributed by atoms with E-state index in [-0.39, 0.29) is 0 Å². The smallest absolute Gasteiger partial charge is 0.0492 e. The van der Waals surface area contributed by atoms with Gasteiger partial charge in [-0.15, -0.1) is 0 Å². The predicted molar refractivity (Wildman–Crippen MR) is 59.3 cm³/mol. The van der Waals surface area contributed by atoms with Gasteiger partial charge in [-0.1, -0.05) is 13.8 Å². The summed E-state index contributed by atoms with van der Waals surface area (Å²) in [6, 6.07) is 2.13. The van der Waals surface area contributed by atoms with Gasteiger partial charge < -0.3 is 5.32 Å². The first kappa shape index (κ1) is 11.2. The molecule has 0 spiro atoms. The Bertz CT molecular complexity index is 255. The summed E-state index contributed by atoms with van der Waals surface area (Å²) < 4.78 is 2.12. The van der Waals surface area contributed by atoms with Crippen LogP contribution < -0.4 is 5.32 Å². The third-order valence-corrected chi connectivity index (χ3v) is 2.35. The van der Waals surface area contributed by atoms with Gasteiger partial charge in [0.1, 0.15) is 0 Å². The van der Waals surface area contributed by atoms with Crippen molar-refractivity contribution in [2.75, 3.05) is 13.6 Å². The predicted octanol–water partition coefficient (Wildman–Crippen LogP) is 1.69. The lowest BCUT2D eigenvalue weighted by atomic mass is 10.1. The zero-order chi connectivity index (χ0) is 10.4. The largest absolute Gasteiger partial charge is 0.319 e. The van der Waals surface area contributed by atoms with Gasteiger partial charge in [0, 0.05) is 18.4 Å². The van der Waals surface area contributed by atoms with Gasteiger partial charge in [-0.3, -0.25) is 4.68 Å². The maximum atomic E-state index is 4.32. The van der Waals surface area contributed by atoms with Crippen molar-refractivity contribution in [1.29, 1.82) is 0 Å². The third-order valence-electron chi connectivity index (χ3n) is 2.35. The zero-order valence-corrected chi connectivity index (χ0v) is 9.45. The van der Waals surface area contributed by atoms with E-state index < -0.39 is 0 Å². The Balaban J connectivity index is 2.52. The average Bonchev–Trinajstić information content (AvgIpc) is 2.54. The Kier molecular flexibility index (Phi) is 4.66. The normalized spacial score (nSPS) is 13.1. The topological polar surface area (TPSA) is 29.9 Å². The van der Waals surface area contributed by atoms with Crippen molar-refractivity contribution in [3.8, 4) is 0 Å². The summed E-state index contributed by atoms with van der Waals surface area (Å²) in [6.07, 6.45) is 4.16. The van der Waals surface area contributed by atoms with Crippen LogP contribution in [0.2, 0.25) is 0 Å².